The number of hydrogen-bond donors (Lipinski definition) is 2. The smallest absolute Gasteiger partial charge is 0.265 e. The van der Waals surface area contributed by atoms with Crippen LogP contribution in [0.25, 0.3) is 16.6 Å². The fraction of sp³-hybridized carbons (Fsp3) is 0.217. The highest BCUT2D eigenvalue weighted by Crippen LogP contribution is 2.28. The van der Waals surface area contributed by atoms with Crippen molar-refractivity contribution in [3.8, 4) is 10.6 Å². The van der Waals surface area contributed by atoms with Crippen LogP contribution in [-0.4, -0.2) is 65.5 Å². The Morgan fingerprint density at radius 1 is 1.09 bits per heavy atom. The van der Waals surface area contributed by atoms with Gasteiger partial charge in [0.1, 0.15) is 15.7 Å². The summed E-state index contributed by atoms with van der Waals surface area (Å²) < 4.78 is 26.9. The topological polar surface area (TPSA) is 133 Å². The van der Waals surface area contributed by atoms with Crippen molar-refractivity contribution in [1.82, 2.24) is 19.2 Å². The van der Waals surface area contributed by atoms with Crippen LogP contribution in [0.15, 0.2) is 54.2 Å². The zero-order valence-corrected chi connectivity index (χ0v) is 20.1. The third-order valence-corrected chi connectivity index (χ3v) is 8.22. The summed E-state index contributed by atoms with van der Waals surface area (Å²) in [7, 11) is -3.63. The number of aryl methyl sites for hydroxylation is 1. The van der Waals surface area contributed by atoms with Crippen molar-refractivity contribution >= 4 is 39.2 Å². The largest absolute Gasteiger partial charge is 0.384 e. The van der Waals surface area contributed by atoms with Crippen molar-refractivity contribution in [3.05, 3.63) is 75.9 Å². The van der Waals surface area contributed by atoms with E-state index in [1.165, 1.54) is 27.1 Å². The van der Waals surface area contributed by atoms with Crippen LogP contribution >= 0.6 is 11.3 Å². The van der Waals surface area contributed by atoms with Gasteiger partial charge in [0.25, 0.3) is 5.91 Å². The summed E-state index contributed by atoms with van der Waals surface area (Å²) in [6, 6.07) is 10.4. The number of rotatable bonds is 6. The van der Waals surface area contributed by atoms with Gasteiger partial charge in [0.05, 0.1) is 5.69 Å². The summed E-state index contributed by atoms with van der Waals surface area (Å²) in [5.41, 5.74) is 8.27. The molecule has 0 saturated carbocycles. The Morgan fingerprint density at radius 3 is 2.35 bits per heavy atom. The Labute approximate surface area is 202 Å². The molecule has 3 N–H and O–H groups in total. The number of piperazine rings is 1. The predicted molar refractivity (Wildman–Crippen MR) is 133 cm³/mol. The van der Waals surface area contributed by atoms with Gasteiger partial charge in [-0.2, -0.15) is 4.31 Å². The number of aromatic nitrogens is 2. The van der Waals surface area contributed by atoms with Crippen LogP contribution in [0.3, 0.4) is 0 Å². The maximum Gasteiger partial charge on any atom is 0.265 e. The number of carbonyl (C=O) groups is 1. The highest BCUT2D eigenvalue weighted by Gasteiger charge is 2.29. The van der Waals surface area contributed by atoms with Gasteiger partial charge in [-0.1, -0.05) is 24.3 Å². The SMILES string of the molecule is Cc1nc(-c2ccncc2)sc1C(=O)N1CCN(S(=O)(=O)/C=C/c2ccc(C(=N)N)cc2)CC1. The van der Waals surface area contributed by atoms with E-state index < -0.39 is 10.0 Å². The number of pyridine rings is 1. The Hall–Kier alpha value is -3.41. The summed E-state index contributed by atoms with van der Waals surface area (Å²) in [5, 5.41) is 9.34. The molecule has 1 amide bonds. The molecule has 0 atom stereocenters. The second-order valence-electron chi connectivity index (χ2n) is 7.74. The van der Waals surface area contributed by atoms with E-state index in [2.05, 4.69) is 9.97 Å². The summed E-state index contributed by atoms with van der Waals surface area (Å²) in [4.78, 5) is 23.9. The molecule has 9 nitrogen and oxygen atoms in total. The minimum absolute atomic E-state index is 0.0438. The lowest BCUT2D eigenvalue weighted by Gasteiger charge is -2.33. The molecule has 0 radical (unpaired) electrons. The molecule has 2 aromatic heterocycles. The van der Waals surface area contributed by atoms with Crippen LogP contribution in [0.2, 0.25) is 0 Å². The molecule has 1 aromatic carbocycles. The fourth-order valence-electron chi connectivity index (χ4n) is 3.53. The third-order valence-electron chi connectivity index (χ3n) is 5.46. The lowest BCUT2D eigenvalue weighted by molar-refractivity contribution is 0.0702. The number of amides is 1. The van der Waals surface area contributed by atoms with E-state index in [9.17, 15) is 13.2 Å². The summed E-state index contributed by atoms with van der Waals surface area (Å²) in [5.74, 6) is -0.175. The van der Waals surface area contributed by atoms with E-state index in [-0.39, 0.29) is 24.8 Å². The van der Waals surface area contributed by atoms with Gasteiger partial charge in [-0.3, -0.25) is 15.2 Å². The van der Waals surface area contributed by atoms with Crippen LogP contribution in [0.1, 0.15) is 26.5 Å². The standard InChI is InChI=1S/C23H24N6O3S2/c1-16-20(33-22(27-16)19-6-9-26-10-7-19)23(30)28-11-13-29(14-12-28)34(31,32)15-8-17-2-4-18(5-3-17)21(24)25/h2-10,15H,11-14H2,1H3,(H3,24,25)/b15-8+. The second-order valence-corrected chi connectivity index (χ2v) is 10.6. The van der Waals surface area contributed by atoms with Crippen LogP contribution in [0.4, 0.5) is 0 Å². The van der Waals surface area contributed by atoms with Gasteiger partial charge in [-0.15, -0.1) is 11.3 Å². The molecule has 0 aliphatic carbocycles. The quantitative estimate of drug-likeness (QED) is 0.398. The first-order valence-corrected chi connectivity index (χ1v) is 12.9. The number of carbonyl (C=O) groups excluding carboxylic acids is 1. The molecule has 11 heteroatoms. The number of sulfonamides is 1. The molecule has 1 fully saturated rings. The first-order chi connectivity index (χ1) is 16.2. The Balaban J connectivity index is 1.39. The van der Waals surface area contributed by atoms with E-state index >= 15 is 0 Å². The van der Waals surface area contributed by atoms with E-state index in [0.717, 1.165) is 10.6 Å². The van der Waals surface area contributed by atoms with Crippen LogP contribution in [0.5, 0.6) is 0 Å². The highest BCUT2D eigenvalue weighted by molar-refractivity contribution is 7.92. The van der Waals surface area contributed by atoms with E-state index in [0.29, 0.717) is 34.8 Å². The van der Waals surface area contributed by atoms with Crippen molar-refractivity contribution in [2.45, 2.75) is 6.92 Å². The molecule has 4 rings (SSSR count). The van der Waals surface area contributed by atoms with Crippen molar-refractivity contribution in [2.75, 3.05) is 26.2 Å². The number of amidine groups is 1. The number of nitrogen functional groups attached to an aromatic ring is 1. The minimum Gasteiger partial charge on any atom is -0.384 e. The Bertz CT molecular complexity index is 1330. The molecule has 176 valence electrons. The monoisotopic (exact) mass is 496 g/mol. The maximum atomic E-state index is 13.1. The van der Waals surface area contributed by atoms with Gasteiger partial charge in [0.15, 0.2) is 0 Å². The summed E-state index contributed by atoms with van der Waals surface area (Å²) >= 11 is 1.33. The molecule has 1 saturated heterocycles. The molecule has 3 heterocycles. The van der Waals surface area contributed by atoms with E-state index in [1.54, 1.807) is 41.6 Å². The number of nitrogens with one attached hydrogen (secondary N) is 1. The average molecular weight is 497 g/mol. The van der Waals surface area contributed by atoms with Crippen molar-refractivity contribution in [1.29, 1.82) is 5.41 Å². The predicted octanol–water partition coefficient (Wildman–Crippen LogP) is 2.56. The van der Waals surface area contributed by atoms with E-state index in [4.69, 9.17) is 11.1 Å². The van der Waals surface area contributed by atoms with Crippen molar-refractivity contribution in [2.24, 2.45) is 5.73 Å². The van der Waals surface area contributed by atoms with Gasteiger partial charge in [0.2, 0.25) is 10.0 Å². The molecule has 3 aromatic rings. The third kappa shape index (κ3) is 5.22. The lowest BCUT2D eigenvalue weighted by Crippen LogP contribution is -2.50. The van der Waals surface area contributed by atoms with Gasteiger partial charge in [-0.05, 0) is 30.7 Å². The Morgan fingerprint density at radius 2 is 1.74 bits per heavy atom. The van der Waals surface area contributed by atoms with Crippen LogP contribution < -0.4 is 5.73 Å². The number of nitrogens with zero attached hydrogens (tertiary/aromatic N) is 4. The molecular formula is C23H24N6O3S2. The fourth-order valence-corrected chi connectivity index (χ4v) is 5.74. The zero-order chi connectivity index (χ0) is 24.3. The lowest BCUT2D eigenvalue weighted by atomic mass is 10.1. The van der Waals surface area contributed by atoms with Crippen molar-refractivity contribution in [3.63, 3.8) is 0 Å². The van der Waals surface area contributed by atoms with Crippen molar-refractivity contribution < 1.29 is 13.2 Å². The maximum absolute atomic E-state index is 13.1. The molecule has 34 heavy (non-hydrogen) atoms. The van der Waals surface area contributed by atoms with Gasteiger partial charge in [-0.25, -0.2) is 13.4 Å². The molecule has 1 aliphatic heterocycles. The second kappa shape index (κ2) is 9.84. The summed E-state index contributed by atoms with van der Waals surface area (Å²) in [6.45, 7) is 2.86. The first kappa shape index (κ1) is 23.7. The van der Waals surface area contributed by atoms with Gasteiger partial charge in [0, 0.05) is 55.1 Å². The summed E-state index contributed by atoms with van der Waals surface area (Å²) in [6.07, 6.45) is 4.88. The molecule has 0 bridgehead atoms. The molecule has 1 aliphatic rings. The first-order valence-electron chi connectivity index (χ1n) is 10.5. The highest BCUT2D eigenvalue weighted by atomic mass is 32.2. The molecular weight excluding hydrogens is 472 g/mol. The number of hydrogen-bond acceptors (Lipinski definition) is 7. The molecule has 0 spiro atoms. The van der Waals surface area contributed by atoms with Crippen LogP contribution in [-0.2, 0) is 10.0 Å². The van der Waals surface area contributed by atoms with Gasteiger partial charge >= 0.3 is 0 Å². The number of thiazole rings is 1. The van der Waals surface area contributed by atoms with E-state index in [1.807, 2.05) is 19.1 Å². The normalized spacial score (nSPS) is 15.0. The zero-order valence-electron chi connectivity index (χ0n) is 18.5. The number of benzene rings is 1. The van der Waals surface area contributed by atoms with Crippen LogP contribution in [0, 0.1) is 12.3 Å². The molecule has 0 unspecified atom stereocenters. The average Bonchev–Trinajstić information content (AvgIpc) is 3.25. The number of nitrogens with two attached hydrogens (primary N) is 1. The Kier molecular flexibility index (Phi) is 6.87. The van der Waals surface area contributed by atoms with Gasteiger partial charge < -0.3 is 10.6 Å². The minimum atomic E-state index is -3.63.